The van der Waals surface area contributed by atoms with Crippen LogP contribution in [0.4, 0.5) is 4.39 Å². The molecule has 2 heterocycles. The van der Waals surface area contributed by atoms with Gasteiger partial charge >= 0.3 is 0 Å². The summed E-state index contributed by atoms with van der Waals surface area (Å²) in [5.74, 6) is -1.02. The summed E-state index contributed by atoms with van der Waals surface area (Å²) < 4.78 is 13.1. The van der Waals surface area contributed by atoms with E-state index >= 15 is 0 Å². The first-order chi connectivity index (χ1) is 11.6. The summed E-state index contributed by atoms with van der Waals surface area (Å²) >= 11 is 0. The molecule has 0 saturated heterocycles. The highest BCUT2D eigenvalue weighted by Crippen LogP contribution is 2.21. The third-order valence-electron chi connectivity index (χ3n) is 3.64. The van der Waals surface area contributed by atoms with Crippen molar-refractivity contribution in [3.63, 3.8) is 0 Å². The Kier molecular flexibility index (Phi) is 4.56. The van der Waals surface area contributed by atoms with Crippen LogP contribution in [0.2, 0.25) is 0 Å². The van der Waals surface area contributed by atoms with Crippen LogP contribution < -0.4 is 5.32 Å². The van der Waals surface area contributed by atoms with Gasteiger partial charge in [0, 0.05) is 35.8 Å². The van der Waals surface area contributed by atoms with Crippen LogP contribution in [0.1, 0.15) is 28.9 Å². The van der Waals surface area contributed by atoms with E-state index in [-0.39, 0.29) is 17.5 Å². The van der Waals surface area contributed by atoms with Gasteiger partial charge in [-0.3, -0.25) is 4.79 Å². The summed E-state index contributed by atoms with van der Waals surface area (Å²) in [5, 5.41) is 2.84. The Bertz CT molecular complexity index is 837. The molecule has 3 rings (SSSR count). The van der Waals surface area contributed by atoms with Crippen LogP contribution in [0.15, 0.2) is 61.3 Å². The van der Waals surface area contributed by atoms with Gasteiger partial charge in [0.1, 0.15) is 6.33 Å². The Balaban J connectivity index is 1.71. The molecule has 0 radical (unpaired) electrons. The molecule has 0 spiro atoms. The van der Waals surface area contributed by atoms with Gasteiger partial charge in [-0.15, -0.1) is 0 Å². The number of nitrogens with one attached hydrogen (secondary N) is 1. The van der Waals surface area contributed by atoms with Crippen molar-refractivity contribution in [2.75, 3.05) is 0 Å². The van der Waals surface area contributed by atoms with Gasteiger partial charge in [0.05, 0.1) is 6.04 Å². The first kappa shape index (κ1) is 15.7. The molecule has 0 bridgehead atoms. The fourth-order valence-corrected chi connectivity index (χ4v) is 2.32. The summed E-state index contributed by atoms with van der Waals surface area (Å²) in [6.07, 6.45) is 6.24. The van der Waals surface area contributed by atoms with E-state index in [2.05, 4.69) is 20.3 Å². The molecular formula is C18H15FN4O. The van der Waals surface area contributed by atoms with Crippen molar-refractivity contribution < 1.29 is 9.18 Å². The number of hydrogen-bond acceptors (Lipinski definition) is 4. The molecule has 24 heavy (non-hydrogen) atoms. The number of benzene rings is 1. The van der Waals surface area contributed by atoms with E-state index in [9.17, 15) is 9.18 Å². The molecule has 0 saturated carbocycles. The van der Waals surface area contributed by atoms with Gasteiger partial charge in [-0.05, 0) is 24.1 Å². The Labute approximate surface area is 138 Å². The monoisotopic (exact) mass is 322 g/mol. The van der Waals surface area contributed by atoms with Crippen molar-refractivity contribution in [3.05, 3.63) is 78.4 Å². The second kappa shape index (κ2) is 6.95. The van der Waals surface area contributed by atoms with Gasteiger partial charge in [0.25, 0.3) is 5.91 Å². The topological polar surface area (TPSA) is 67.8 Å². The number of nitrogens with zero attached hydrogens (tertiary/aromatic N) is 3. The molecule has 1 aromatic carbocycles. The number of hydrogen-bond donors (Lipinski definition) is 1. The Morgan fingerprint density at radius 1 is 1.08 bits per heavy atom. The van der Waals surface area contributed by atoms with Crippen LogP contribution in [0, 0.1) is 5.95 Å². The van der Waals surface area contributed by atoms with Crippen LogP contribution in [0.5, 0.6) is 0 Å². The predicted molar refractivity (Wildman–Crippen MR) is 87.5 cm³/mol. The summed E-state index contributed by atoms with van der Waals surface area (Å²) in [5.41, 5.74) is 3.10. The molecule has 0 fully saturated rings. The quantitative estimate of drug-likeness (QED) is 0.749. The van der Waals surface area contributed by atoms with Gasteiger partial charge in [-0.1, -0.05) is 24.3 Å². The maximum atomic E-state index is 13.1. The molecule has 1 amide bonds. The second-order valence-electron chi connectivity index (χ2n) is 5.31. The van der Waals surface area contributed by atoms with E-state index in [0.29, 0.717) is 0 Å². The van der Waals surface area contributed by atoms with Crippen LogP contribution in [-0.4, -0.2) is 20.9 Å². The van der Waals surface area contributed by atoms with E-state index in [4.69, 9.17) is 0 Å². The highest BCUT2D eigenvalue weighted by Gasteiger charge is 2.12. The number of aromatic nitrogens is 3. The zero-order valence-electron chi connectivity index (χ0n) is 13.0. The van der Waals surface area contributed by atoms with E-state index < -0.39 is 5.95 Å². The lowest BCUT2D eigenvalue weighted by molar-refractivity contribution is 0.0939. The van der Waals surface area contributed by atoms with Crippen molar-refractivity contribution in [3.8, 4) is 11.1 Å². The van der Waals surface area contributed by atoms with Crippen LogP contribution >= 0.6 is 0 Å². The lowest BCUT2D eigenvalue weighted by Gasteiger charge is -2.15. The molecule has 6 heteroatoms. The van der Waals surface area contributed by atoms with Gasteiger partial charge in [0.2, 0.25) is 5.95 Å². The fraction of sp³-hybridized carbons (Fsp3) is 0.111. The van der Waals surface area contributed by atoms with Crippen molar-refractivity contribution in [2.24, 2.45) is 0 Å². The molecule has 0 unspecified atom stereocenters. The first-order valence-electron chi connectivity index (χ1n) is 7.41. The van der Waals surface area contributed by atoms with E-state index in [1.165, 1.54) is 18.6 Å². The number of rotatable bonds is 4. The second-order valence-corrected chi connectivity index (χ2v) is 5.31. The highest BCUT2D eigenvalue weighted by atomic mass is 19.1. The van der Waals surface area contributed by atoms with Gasteiger partial charge in [-0.2, -0.15) is 4.39 Å². The third-order valence-corrected chi connectivity index (χ3v) is 3.64. The normalized spacial score (nSPS) is 11.8. The summed E-state index contributed by atoms with van der Waals surface area (Å²) in [7, 11) is 0. The summed E-state index contributed by atoms with van der Waals surface area (Å²) in [6, 6.07) is 10.1. The Hall–Kier alpha value is -3.15. The van der Waals surface area contributed by atoms with E-state index in [1.807, 2.05) is 31.2 Å². The third kappa shape index (κ3) is 3.60. The first-order valence-corrected chi connectivity index (χ1v) is 7.41. The lowest BCUT2D eigenvalue weighted by atomic mass is 10.0. The minimum absolute atomic E-state index is 0.213. The summed E-state index contributed by atoms with van der Waals surface area (Å²) in [4.78, 5) is 23.6. The van der Waals surface area contributed by atoms with Crippen LogP contribution in [0.25, 0.3) is 11.1 Å². The van der Waals surface area contributed by atoms with Crippen molar-refractivity contribution >= 4 is 5.91 Å². The molecule has 0 aliphatic heterocycles. The van der Waals surface area contributed by atoms with Gasteiger partial charge in [-0.25, -0.2) is 15.0 Å². The molecule has 0 aliphatic carbocycles. The van der Waals surface area contributed by atoms with E-state index in [1.54, 1.807) is 12.4 Å². The average molecular weight is 322 g/mol. The minimum Gasteiger partial charge on any atom is -0.346 e. The number of amides is 1. The molecule has 3 aromatic rings. The Morgan fingerprint density at radius 2 is 1.79 bits per heavy atom. The van der Waals surface area contributed by atoms with Crippen LogP contribution in [-0.2, 0) is 0 Å². The predicted octanol–water partition coefficient (Wildman–Crippen LogP) is 3.17. The minimum atomic E-state index is -0.676. The molecule has 1 N–H and O–H groups in total. The molecule has 1 atom stereocenters. The molecule has 120 valence electrons. The van der Waals surface area contributed by atoms with Gasteiger partial charge < -0.3 is 5.32 Å². The van der Waals surface area contributed by atoms with Crippen molar-refractivity contribution in [1.82, 2.24) is 20.3 Å². The van der Waals surface area contributed by atoms with Crippen molar-refractivity contribution in [2.45, 2.75) is 13.0 Å². The van der Waals surface area contributed by atoms with E-state index in [0.717, 1.165) is 22.8 Å². The van der Waals surface area contributed by atoms with Gasteiger partial charge in [0.15, 0.2) is 0 Å². The standard InChI is InChI=1S/C18H15FN4O/c1-12(23-18(24)15-6-7-22-17(19)8-15)13-2-4-14(5-3-13)16-9-20-11-21-10-16/h2-12H,1H3,(H,23,24)/t12-/m0/s1. The number of carbonyl (C=O) groups excluding carboxylic acids is 1. The fourth-order valence-electron chi connectivity index (χ4n) is 2.32. The summed E-state index contributed by atoms with van der Waals surface area (Å²) in [6.45, 7) is 1.87. The maximum Gasteiger partial charge on any atom is 0.251 e. The number of carbonyl (C=O) groups is 1. The molecule has 2 aromatic heterocycles. The van der Waals surface area contributed by atoms with Crippen molar-refractivity contribution in [1.29, 1.82) is 0 Å². The lowest BCUT2D eigenvalue weighted by Crippen LogP contribution is -2.26. The number of pyridine rings is 1. The largest absolute Gasteiger partial charge is 0.346 e. The highest BCUT2D eigenvalue weighted by molar-refractivity contribution is 5.94. The smallest absolute Gasteiger partial charge is 0.251 e. The molecular weight excluding hydrogens is 307 g/mol. The Morgan fingerprint density at radius 3 is 2.46 bits per heavy atom. The maximum absolute atomic E-state index is 13.1. The zero-order valence-corrected chi connectivity index (χ0v) is 13.0. The SMILES string of the molecule is C[C@H](NC(=O)c1ccnc(F)c1)c1ccc(-c2cncnc2)cc1. The molecule has 0 aliphatic rings. The molecule has 5 nitrogen and oxygen atoms in total. The number of halogens is 1. The average Bonchev–Trinajstić information content (AvgIpc) is 2.62. The van der Waals surface area contributed by atoms with Crippen LogP contribution in [0.3, 0.4) is 0 Å². The zero-order chi connectivity index (χ0) is 16.9.